The van der Waals surface area contributed by atoms with Gasteiger partial charge in [-0.05, 0) is 19.8 Å². The predicted molar refractivity (Wildman–Crippen MR) is 61.1 cm³/mol. The highest BCUT2D eigenvalue weighted by molar-refractivity contribution is 5.81. The van der Waals surface area contributed by atoms with Gasteiger partial charge in [0, 0.05) is 6.54 Å². The molecule has 0 saturated heterocycles. The normalized spacial score (nSPS) is 20.6. The highest BCUT2D eigenvalue weighted by atomic mass is 16.4. The van der Waals surface area contributed by atoms with E-state index in [1.165, 1.54) is 11.3 Å². The highest BCUT2D eigenvalue weighted by Crippen LogP contribution is 2.31. The number of carboxylic acids is 1. The molecular formula is C12H21NO3. The summed E-state index contributed by atoms with van der Waals surface area (Å²) in [6, 6.07) is 0. The molecule has 0 spiro atoms. The Bertz CT molecular complexity index is 245. The summed E-state index contributed by atoms with van der Waals surface area (Å²) >= 11 is 0. The van der Waals surface area contributed by atoms with Crippen molar-refractivity contribution in [1.82, 2.24) is 4.90 Å². The molecule has 0 bridgehead atoms. The second-order valence-corrected chi connectivity index (χ2v) is 4.50. The van der Waals surface area contributed by atoms with Crippen molar-refractivity contribution in [1.29, 1.82) is 0 Å². The van der Waals surface area contributed by atoms with Crippen molar-refractivity contribution in [3.8, 4) is 0 Å². The zero-order chi connectivity index (χ0) is 12.0. The van der Waals surface area contributed by atoms with Crippen molar-refractivity contribution in [3.05, 3.63) is 0 Å². The molecule has 1 saturated carbocycles. The van der Waals surface area contributed by atoms with Crippen molar-refractivity contribution in [2.75, 3.05) is 6.54 Å². The van der Waals surface area contributed by atoms with Gasteiger partial charge in [0.05, 0.1) is 0 Å². The van der Waals surface area contributed by atoms with Gasteiger partial charge in [-0.2, -0.15) is 0 Å². The minimum Gasteiger partial charge on any atom is -0.479 e. The molecule has 0 atom stereocenters. The van der Waals surface area contributed by atoms with Crippen LogP contribution >= 0.6 is 0 Å². The summed E-state index contributed by atoms with van der Waals surface area (Å²) < 4.78 is 0. The number of carboxylic acid groups (broad SMARTS) is 1. The van der Waals surface area contributed by atoms with Crippen LogP contribution in [0.5, 0.6) is 0 Å². The molecule has 1 fully saturated rings. The van der Waals surface area contributed by atoms with E-state index < -0.39 is 11.5 Å². The maximum atomic E-state index is 11.5. The first-order chi connectivity index (χ1) is 7.67. The zero-order valence-electron chi connectivity index (χ0n) is 9.95. The monoisotopic (exact) mass is 227 g/mol. The van der Waals surface area contributed by atoms with E-state index >= 15 is 0 Å². The van der Waals surface area contributed by atoms with Crippen LogP contribution in [0.1, 0.15) is 51.9 Å². The van der Waals surface area contributed by atoms with Crippen molar-refractivity contribution < 1.29 is 14.7 Å². The van der Waals surface area contributed by atoms with Crippen molar-refractivity contribution in [2.45, 2.75) is 57.4 Å². The number of hydrogen-bond acceptors (Lipinski definition) is 2. The summed E-state index contributed by atoms with van der Waals surface area (Å²) in [5, 5.41) is 9.44. The molecule has 1 amide bonds. The average molecular weight is 227 g/mol. The standard InChI is InChI=1S/C12H21NO3/c1-2-13(10-14)12(11(15)16)8-6-4-3-5-7-9-12/h10H,2-9H2,1H3,(H,15,16). The fraction of sp³-hybridized carbons (Fsp3) is 0.833. The smallest absolute Gasteiger partial charge is 0.329 e. The third kappa shape index (κ3) is 2.54. The molecule has 0 heterocycles. The van der Waals surface area contributed by atoms with E-state index in [0.29, 0.717) is 25.8 Å². The van der Waals surface area contributed by atoms with Crippen molar-refractivity contribution in [2.24, 2.45) is 0 Å². The summed E-state index contributed by atoms with van der Waals surface area (Å²) in [7, 11) is 0. The summed E-state index contributed by atoms with van der Waals surface area (Å²) in [6.45, 7) is 2.30. The number of carbonyl (C=O) groups excluding carboxylic acids is 1. The average Bonchev–Trinajstić information content (AvgIpc) is 2.22. The van der Waals surface area contributed by atoms with E-state index in [-0.39, 0.29) is 0 Å². The molecule has 1 aliphatic rings. The van der Waals surface area contributed by atoms with Gasteiger partial charge in [0.15, 0.2) is 0 Å². The van der Waals surface area contributed by atoms with Crippen LogP contribution in [0.25, 0.3) is 0 Å². The maximum Gasteiger partial charge on any atom is 0.329 e. The van der Waals surface area contributed by atoms with Crippen LogP contribution in [0.2, 0.25) is 0 Å². The second kappa shape index (κ2) is 5.87. The molecule has 92 valence electrons. The molecule has 4 nitrogen and oxygen atoms in total. The molecule has 0 aromatic carbocycles. The van der Waals surface area contributed by atoms with Crippen LogP contribution in [0.3, 0.4) is 0 Å². The fourth-order valence-electron chi connectivity index (χ4n) is 2.59. The molecule has 1 aliphatic carbocycles. The molecular weight excluding hydrogens is 206 g/mol. The Balaban J connectivity index is 2.90. The van der Waals surface area contributed by atoms with E-state index in [4.69, 9.17) is 0 Å². The molecule has 16 heavy (non-hydrogen) atoms. The van der Waals surface area contributed by atoms with E-state index in [0.717, 1.165) is 25.7 Å². The largest absolute Gasteiger partial charge is 0.479 e. The first kappa shape index (κ1) is 13.0. The SMILES string of the molecule is CCN(C=O)C1(C(=O)O)CCCCCCC1. The van der Waals surface area contributed by atoms with Gasteiger partial charge in [0.2, 0.25) is 6.41 Å². The van der Waals surface area contributed by atoms with Crippen LogP contribution in [0.4, 0.5) is 0 Å². The third-order valence-corrected chi connectivity index (χ3v) is 3.60. The van der Waals surface area contributed by atoms with E-state index in [9.17, 15) is 14.7 Å². The molecule has 0 aliphatic heterocycles. The maximum absolute atomic E-state index is 11.5. The Morgan fingerprint density at radius 3 is 2.12 bits per heavy atom. The highest BCUT2D eigenvalue weighted by Gasteiger charge is 2.42. The molecule has 0 radical (unpaired) electrons. The molecule has 0 aromatic heterocycles. The van der Waals surface area contributed by atoms with Crippen LogP contribution in [-0.2, 0) is 9.59 Å². The Labute approximate surface area is 96.6 Å². The van der Waals surface area contributed by atoms with Gasteiger partial charge < -0.3 is 10.0 Å². The lowest BCUT2D eigenvalue weighted by Gasteiger charge is -2.39. The first-order valence-corrected chi connectivity index (χ1v) is 6.13. The summed E-state index contributed by atoms with van der Waals surface area (Å²) in [5.74, 6) is -0.844. The second-order valence-electron chi connectivity index (χ2n) is 4.50. The summed E-state index contributed by atoms with van der Waals surface area (Å²) in [5.41, 5.74) is -0.947. The number of rotatable bonds is 4. The summed E-state index contributed by atoms with van der Waals surface area (Å²) in [6.07, 6.45) is 7.01. The Morgan fingerprint density at radius 2 is 1.75 bits per heavy atom. The van der Waals surface area contributed by atoms with Crippen LogP contribution in [-0.4, -0.2) is 34.5 Å². The van der Waals surface area contributed by atoms with Crippen molar-refractivity contribution in [3.63, 3.8) is 0 Å². The van der Waals surface area contributed by atoms with Gasteiger partial charge in [0.1, 0.15) is 5.54 Å². The summed E-state index contributed by atoms with van der Waals surface area (Å²) in [4.78, 5) is 24.0. The minimum atomic E-state index is -0.947. The minimum absolute atomic E-state index is 0.468. The number of nitrogens with zero attached hydrogens (tertiary/aromatic N) is 1. The lowest BCUT2D eigenvalue weighted by Crippen LogP contribution is -2.54. The van der Waals surface area contributed by atoms with Gasteiger partial charge in [-0.1, -0.05) is 32.1 Å². The first-order valence-electron chi connectivity index (χ1n) is 6.13. The van der Waals surface area contributed by atoms with Gasteiger partial charge in [-0.3, -0.25) is 4.79 Å². The lowest BCUT2D eigenvalue weighted by atomic mass is 9.82. The molecule has 1 N–H and O–H groups in total. The Hall–Kier alpha value is -1.06. The third-order valence-electron chi connectivity index (χ3n) is 3.60. The number of likely N-dealkylation sites (N-methyl/N-ethyl adjacent to an activating group) is 1. The van der Waals surface area contributed by atoms with Gasteiger partial charge >= 0.3 is 5.97 Å². The van der Waals surface area contributed by atoms with E-state index in [1.807, 2.05) is 6.92 Å². The van der Waals surface area contributed by atoms with Crippen LogP contribution in [0.15, 0.2) is 0 Å². The topological polar surface area (TPSA) is 57.6 Å². The molecule has 0 aromatic rings. The van der Waals surface area contributed by atoms with Crippen molar-refractivity contribution >= 4 is 12.4 Å². The van der Waals surface area contributed by atoms with E-state index in [2.05, 4.69) is 0 Å². The predicted octanol–water partition coefficient (Wildman–Crippen LogP) is 2.03. The van der Waals surface area contributed by atoms with Gasteiger partial charge in [-0.15, -0.1) is 0 Å². The Kier molecular flexibility index (Phi) is 4.77. The quantitative estimate of drug-likeness (QED) is 0.748. The molecule has 4 heteroatoms. The zero-order valence-corrected chi connectivity index (χ0v) is 9.95. The Morgan fingerprint density at radius 1 is 1.25 bits per heavy atom. The number of hydrogen-bond donors (Lipinski definition) is 1. The van der Waals surface area contributed by atoms with E-state index in [1.54, 1.807) is 0 Å². The molecule has 1 rings (SSSR count). The number of carbonyl (C=O) groups is 2. The molecule has 0 unspecified atom stereocenters. The van der Waals surface area contributed by atoms with Gasteiger partial charge in [0.25, 0.3) is 0 Å². The van der Waals surface area contributed by atoms with Gasteiger partial charge in [-0.25, -0.2) is 4.79 Å². The number of amides is 1. The lowest BCUT2D eigenvalue weighted by molar-refractivity contribution is -0.156. The number of aliphatic carboxylic acids is 1. The van der Waals surface area contributed by atoms with Crippen LogP contribution < -0.4 is 0 Å². The fourth-order valence-corrected chi connectivity index (χ4v) is 2.59. The van der Waals surface area contributed by atoms with Crippen LogP contribution in [0, 0.1) is 0 Å².